The zero-order valence-electron chi connectivity index (χ0n) is 25.6. The number of amides is 1. The number of carbonyl (C=O) groups excluding carboxylic acids is 1. The van der Waals surface area contributed by atoms with E-state index in [1.54, 1.807) is 18.9 Å². The maximum Gasteiger partial charge on any atom is 0.407 e. The Hall–Kier alpha value is -4.08. The number of hydrogen-bond donors (Lipinski definition) is 2. The number of methoxy groups -OCH3 is 1. The summed E-state index contributed by atoms with van der Waals surface area (Å²) in [5.41, 5.74) is 5.88. The van der Waals surface area contributed by atoms with Crippen molar-refractivity contribution in [3.8, 4) is 16.9 Å². The molecule has 1 aliphatic rings. The van der Waals surface area contributed by atoms with Crippen LogP contribution in [0.15, 0.2) is 115 Å². The van der Waals surface area contributed by atoms with E-state index in [1.165, 1.54) is 6.08 Å². The Kier molecular flexibility index (Phi) is 11.3. The van der Waals surface area contributed by atoms with E-state index >= 15 is 0 Å². The van der Waals surface area contributed by atoms with Gasteiger partial charge in [0.2, 0.25) is 0 Å². The summed E-state index contributed by atoms with van der Waals surface area (Å²) in [5.74, 6) is 1.65. The van der Waals surface area contributed by atoms with Crippen molar-refractivity contribution >= 4 is 17.9 Å². The van der Waals surface area contributed by atoms with Gasteiger partial charge < -0.3 is 29.4 Å². The van der Waals surface area contributed by atoms with Crippen LogP contribution in [-0.2, 0) is 27.4 Å². The van der Waals surface area contributed by atoms with Gasteiger partial charge in [-0.25, -0.2) is 4.79 Å². The number of carbonyl (C=O) groups is 1. The number of thioether (sulfide) groups is 1. The lowest BCUT2D eigenvalue weighted by molar-refractivity contribution is -0.268. The second-order valence-electron chi connectivity index (χ2n) is 10.8. The summed E-state index contributed by atoms with van der Waals surface area (Å²) in [6.45, 7) is 6.25. The minimum Gasteiger partial charge on any atom is -0.496 e. The van der Waals surface area contributed by atoms with E-state index in [9.17, 15) is 9.90 Å². The molecule has 1 amide bonds. The highest BCUT2D eigenvalue weighted by molar-refractivity contribution is 7.99. The molecule has 4 atom stereocenters. The zero-order valence-corrected chi connectivity index (χ0v) is 26.4. The fourth-order valence-electron chi connectivity index (χ4n) is 5.27. The van der Waals surface area contributed by atoms with Crippen LogP contribution >= 0.6 is 11.8 Å². The summed E-state index contributed by atoms with van der Waals surface area (Å²) < 4.78 is 23.9. The van der Waals surface area contributed by atoms with E-state index < -0.39 is 12.4 Å². The molecule has 2 N–H and O–H groups in total. The first-order chi connectivity index (χ1) is 22.0. The lowest BCUT2D eigenvalue weighted by Crippen LogP contribution is -2.38. The van der Waals surface area contributed by atoms with Crippen molar-refractivity contribution in [1.82, 2.24) is 5.32 Å². The molecule has 1 heterocycles. The van der Waals surface area contributed by atoms with Crippen molar-refractivity contribution in [2.45, 2.75) is 43.5 Å². The Labute approximate surface area is 269 Å². The number of aliphatic hydroxyl groups is 1. The van der Waals surface area contributed by atoms with Crippen LogP contribution in [0.5, 0.6) is 5.75 Å². The Morgan fingerprint density at radius 2 is 1.69 bits per heavy atom. The van der Waals surface area contributed by atoms with Crippen LogP contribution in [-0.4, -0.2) is 36.8 Å². The highest BCUT2D eigenvalue weighted by atomic mass is 32.2. The molecule has 0 radical (unpaired) electrons. The number of benzene rings is 4. The standard InChI is InChI=1S/C37H39NO6S/c1-4-20-42-37(40)38-22-27-8-7-9-31(21-27)28-16-18-30(19-17-28)36-43-33(24-45-34-11-6-5-10-32(34)41-3)25(2)35(44-36)29-14-12-26(23-39)13-15-29/h4-19,21,25,33,35-36,39H,1,20,22-24H2,2-3H3,(H,38,40)/t25-,33+,35+,36+/m0/s1. The van der Waals surface area contributed by atoms with E-state index in [-0.39, 0.29) is 31.3 Å². The number of alkyl carbamates (subject to hydrolysis) is 1. The van der Waals surface area contributed by atoms with E-state index in [2.05, 4.69) is 43.1 Å². The first-order valence-corrected chi connectivity index (χ1v) is 15.9. The zero-order chi connectivity index (χ0) is 31.6. The minimum atomic E-state index is -0.557. The van der Waals surface area contributed by atoms with Gasteiger partial charge in [-0.05, 0) is 46.0 Å². The highest BCUT2D eigenvalue weighted by Gasteiger charge is 2.38. The average molecular weight is 626 g/mol. The number of nitrogens with one attached hydrogen (secondary N) is 1. The number of para-hydroxylation sites is 1. The normalized spacial score (nSPS) is 19.4. The molecule has 0 aliphatic carbocycles. The summed E-state index contributed by atoms with van der Waals surface area (Å²) in [4.78, 5) is 12.9. The monoisotopic (exact) mass is 625 g/mol. The maximum atomic E-state index is 11.8. The van der Waals surface area contributed by atoms with Gasteiger partial charge in [0.05, 0.1) is 25.9 Å². The van der Waals surface area contributed by atoms with Gasteiger partial charge in [-0.15, -0.1) is 11.8 Å². The maximum absolute atomic E-state index is 11.8. The van der Waals surface area contributed by atoms with E-state index in [0.29, 0.717) is 6.54 Å². The topological polar surface area (TPSA) is 86.3 Å². The summed E-state index contributed by atoms with van der Waals surface area (Å²) in [6.07, 6.45) is 0.210. The fraction of sp³-hybridized carbons (Fsp3) is 0.270. The third-order valence-electron chi connectivity index (χ3n) is 7.81. The molecule has 4 aromatic carbocycles. The first-order valence-electron chi connectivity index (χ1n) is 15.0. The minimum absolute atomic E-state index is 0.000686. The van der Waals surface area contributed by atoms with Crippen molar-refractivity contribution < 1.29 is 28.8 Å². The molecule has 0 spiro atoms. The molecule has 0 bridgehead atoms. The second kappa shape index (κ2) is 15.8. The second-order valence-corrected chi connectivity index (χ2v) is 11.9. The number of aliphatic hydroxyl groups excluding tert-OH is 1. The van der Waals surface area contributed by atoms with Gasteiger partial charge in [0, 0.05) is 28.7 Å². The van der Waals surface area contributed by atoms with Crippen LogP contribution in [0.4, 0.5) is 4.79 Å². The predicted molar refractivity (Wildman–Crippen MR) is 177 cm³/mol. The van der Waals surface area contributed by atoms with Gasteiger partial charge in [-0.1, -0.05) is 98.4 Å². The van der Waals surface area contributed by atoms with Crippen LogP contribution in [0, 0.1) is 5.92 Å². The van der Waals surface area contributed by atoms with Crippen LogP contribution in [0.1, 0.15) is 41.6 Å². The van der Waals surface area contributed by atoms with Gasteiger partial charge >= 0.3 is 6.09 Å². The quantitative estimate of drug-likeness (QED) is 0.123. The van der Waals surface area contributed by atoms with Gasteiger partial charge in [-0.3, -0.25) is 0 Å². The predicted octanol–water partition coefficient (Wildman–Crippen LogP) is 7.85. The first kappa shape index (κ1) is 32.3. The molecule has 1 fully saturated rings. The Bertz CT molecular complexity index is 1560. The smallest absolute Gasteiger partial charge is 0.407 e. The highest BCUT2D eigenvalue weighted by Crippen LogP contribution is 2.44. The lowest BCUT2D eigenvalue weighted by atomic mass is 9.91. The van der Waals surface area contributed by atoms with E-state index in [1.807, 2.05) is 72.8 Å². The van der Waals surface area contributed by atoms with Crippen LogP contribution < -0.4 is 10.1 Å². The van der Waals surface area contributed by atoms with Gasteiger partial charge in [0.15, 0.2) is 6.29 Å². The third kappa shape index (κ3) is 8.35. The Morgan fingerprint density at radius 3 is 2.42 bits per heavy atom. The van der Waals surface area contributed by atoms with Gasteiger partial charge in [0.1, 0.15) is 12.4 Å². The molecule has 234 valence electrons. The molecule has 8 heteroatoms. The summed E-state index contributed by atoms with van der Waals surface area (Å²) in [7, 11) is 1.69. The molecule has 1 saturated heterocycles. The molecule has 0 saturated carbocycles. The number of rotatable bonds is 12. The lowest BCUT2D eigenvalue weighted by Gasteiger charge is -2.41. The molecule has 0 aromatic heterocycles. The third-order valence-corrected chi connectivity index (χ3v) is 8.95. The van der Waals surface area contributed by atoms with E-state index in [4.69, 9.17) is 18.9 Å². The van der Waals surface area contributed by atoms with Crippen molar-refractivity contribution in [2.75, 3.05) is 19.5 Å². The molecular weight excluding hydrogens is 586 g/mol. The van der Waals surface area contributed by atoms with Crippen LogP contribution in [0.3, 0.4) is 0 Å². The molecule has 0 unspecified atom stereocenters. The largest absolute Gasteiger partial charge is 0.496 e. The van der Waals surface area contributed by atoms with Gasteiger partial charge in [-0.2, -0.15) is 0 Å². The fourth-order valence-corrected chi connectivity index (χ4v) is 6.47. The van der Waals surface area contributed by atoms with Crippen LogP contribution in [0.2, 0.25) is 0 Å². The molecule has 1 aliphatic heterocycles. The summed E-state index contributed by atoms with van der Waals surface area (Å²) in [6, 6.07) is 32.2. The van der Waals surface area contributed by atoms with Gasteiger partial charge in [0.25, 0.3) is 0 Å². The summed E-state index contributed by atoms with van der Waals surface area (Å²) >= 11 is 1.72. The Morgan fingerprint density at radius 1 is 0.933 bits per heavy atom. The average Bonchev–Trinajstić information content (AvgIpc) is 3.09. The number of ether oxygens (including phenoxy) is 4. The molecule has 5 rings (SSSR count). The SMILES string of the molecule is C=CCOC(=O)NCc1cccc(-c2ccc([C@@H]3O[C@H](CSc4ccccc4OC)[C@H](C)[C@H](c4ccc(CO)cc4)O3)cc2)c1. The molecular formula is C37H39NO6S. The van der Waals surface area contributed by atoms with Crippen LogP contribution in [0.25, 0.3) is 11.1 Å². The molecule has 45 heavy (non-hydrogen) atoms. The van der Waals surface area contributed by atoms with E-state index in [0.717, 1.165) is 49.8 Å². The number of hydrogen-bond acceptors (Lipinski definition) is 7. The van der Waals surface area contributed by atoms with Crippen molar-refractivity contribution in [3.63, 3.8) is 0 Å². The molecule has 7 nitrogen and oxygen atoms in total. The van der Waals surface area contributed by atoms with Crippen molar-refractivity contribution in [3.05, 3.63) is 132 Å². The molecule has 4 aromatic rings. The van der Waals surface area contributed by atoms with Crippen molar-refractivity contribution in [1.29, 1.82) is 0 Å². The summed E-state index contributed by atoms with van der Waals surface area (Å²) in [5, 5.41) is 12.3. The van der Waals surface area contributed by atoms with Crippen molar-refractivity contribution in [2.24, 2.45) is 5.92 Å². The Balaban J connectivity index is 1.33.